The molecule has 2 unspecified atom stereocenters. The molecule has 8 heteroatoms. The highest BCUT2D eigenvalue weighted by Gasteiger charge is 2.56. The smallest absolute Gasteiger partial charge is 0.330 e. The molecule has 2 heterocycles. The molecule has 1 saturated heterocycles. The first kappa shape index (κ1) is 12.9. The van der Waals surface area contributed by atoms with Crippen LogP contribution in [0.1, 0.15) is 19.6 Å². The number of aromatic nitrogens is 2. The zero-order valence-corrected chi connectivity index (χ0v) is 9.52. The van der Waals surface area contributed by atoms with Crippen molar-refractivity contribution in [2.45, 2.75) is 31.1 Å². The fourth-order valence-corrected chi connectivity index (χ4v) is 1.95. The lowest BCUT2D eigenvalue weighted by atomic mass is 10.0. The van der Waals surface area contributed by atoms with Crippen LogP contribution in [-0.2, 0) is 4.74 Å². The Balaban J connectivity index is 2.45. The summed E-state index contributed by atoms with van der Waals surface area (Å²) in [6, 6.07) is 0.954. The topological polar surface area (TPSA) is 84.3 Å². The predicted molar refractivity (Wildman–Crippen MR) is 56.5 cm³/mol. The molecule has 1 aliphatic heterocycles. The quantitative estimate of drug-likeness (QED) is 0.775. The van der Waals surface area contributed by atoms with E-state index in [0.717, 1.165) is 12.3 Å². The van der Waals surface area contributed by atoms with E-state index in [9.17, 15) is 18.4 Å². The van der Waals surface area contributed by atoms with Crippen molar-refractivity contribution in [1.82, 2.24) is 9.55 Å². The number of aromatic amines is 1. The van der Waals surface area contributed by atoms with Crippen LogP contribution in [0, 0.1) is 0 Å². The van der Waals surface area contributed by atoms with Gasteiger partial charge in [0.15, 0.2) is 0 Å². The summed E-state index contributed by atoms with van der Waals surface area (Å²) in [6.07, 6.45) is -1.59. The molecule has 1 fully saturated rings. The summed E-state index contributed by atoms with van der Waals surface area (Å²) in [6.45, 7) is 0.745. The standard InChI is InChI=1S/C10H12F2N2O4/c1-9(5-15)4-10(11,12)7(18-9)14-3-2-6(16)13-8(14)17/h2-3,7,15H,4-5H2,1H3,(H,13,16,17). The SMILES string of the molecule is CC1(CO)CC(F)(F)C(n2ccc(=O)[nH]c2=O)O1. The first-order valence-electron chi connectivity index (χ1n) is 5.25. The normalized spacial score (nSPS) is 30.6. The van der Waals surface area contributed by atoms with E-state index in [1.807, 2.05) is 4.98 Å². The largest absolute Gasteiger partial charge is 0.393 e. The molecule has 1 aromatic heterocycles. The zero-order valence-electron chi connectivity index (χ0n) is 9.52. The summed E-state index contributed by atoms with van der Waals surface area (Å²) in [4.78, 5) is 24.2. The number of ether oxygens (including phenoxy) is 1. The maximum Gasteiger partial charge on any atom is 0.330 e. The fraction of sp³-hybridized carbons (Fsp3) is 0.600. The van der Waals surface area contributed by atoms with Gasteiger partial charge in [-0.2, -0.15) is 0 Å². The Labute approximate surface area is 99.8 Å². The zero-order chi connectivity index (χ0) is 13.6. The van der Waals surface area contributed by atoms with Crippen LogP contribution < -0.4 is 11.2 Å². The number of hydrogen-bond donors (Lipinski definition) is 2. The van der Waals surface area contributed by atoms with Crippen molar-refractivity contribution in [2.75, 3.05) is 6.61 Å². The van der Waals surface area contributed by atoms with Gasteiger partial charge in [-0.25, -0.2) is 13.6 Å². The molecule has 0 aromatic carbocycles. The highest BCUT2D eigenvalue weighted by molar-refractivity contribution is 4.97. The minimum Gasteiger partial charge on any atom is -0.393 e. The Bertz CT molecular complexity index is 567. The number of rotatable bonds is 2. The number of halogens is 2. The Kier molecular flexibility index (Phi) is 2.86. The van der Waals surface area contributed by atoms with E-state index in [1.54, 1.807) is 0 Å². The predicted octanol–water partition coefficient (Wildman–Crippen LogP) is -0.158. The second-order valence-corrected chi connectivity index (χ2v) is 4.53. The average molecular weight is 262 g/mol. The van der Waals surface area contributed by atoms with Crippen LogP contribution in [0.4, 0.5) is 8.78 Å². The lowest BCUT2D eigenvalue weighted by molar-refractivity contribution is -0.139. The molecular formula is C10H12F2N2O4. The van der Waals surface area contributed by atoms with Gasteiger partial charge in [-0.1, -0.05) is 0 Å². The molecule has 18 heavy (non-hydrogen) atoms. The van der Waals surface area contributed by atoms with Gasteiger partial charge in [0.2, 0.25) is 6.23 Å². The molecule has 2 N–H and O–H groups in total. The molecule has 0 radical (unpaired) electrons. The van der Waals surface area contributed by atoms with Gasteiger partial charge in [0.1, 0.15) is 0 Å². The van der Waals surface area contributed by atoms with Crippen molar-refractivity contribution in [3.8, 4) is 0 Å². The van der Waals surface area contributed by atoms with Crippen LogP contribution in [0.5, 0.6) is 0 Å². The van der Waals surface area contributed by atoms with Crippen molar-refractivity contribution in [3.05, 3.63) is 33.1 Å². The summed E-state index contributed by atoms with van der Waals surface area (Å²) >= 11 is 0. The second kappa shape index (κ2) is 3.99. The maximum atomic E-state index is 13.8. The summed E-state index contributed by atoms with van der Waals surface area (Å²) in [5.41, 5.74) is -3.07. The van der Waals surface area contributed by atoms with E-state index in [1.165, 1.54) is 6.92 Å². The van der Waals surface area contributed by atoms with E-state index in [2.05, 4.69) is 0 Å². The fourth-order valence-electron chi connectivity index (χ4n) is 1.95. The number of H-pyrrole nitrogens is 1. The van der Waals surface area contributed by atoms with Gasteiger partial charge in [-0.05, 0) is 6.92 Å². The van der Waals surface area contributed by atoms with Gasteiger partial charge in [0.05, 0.1) is 12.2 Å². The molecule has 100 valence electrons. The van der Waals surface area contributed by atoms with Gasteiger partial charge in [0, 0.05) is 18.7 Å². The van der Waals surface area contributed by atoms with E-state index in [4.69, 9.17) is 9.84 Å². The van der Waals surface area contributed by atoms with E-state index in [-0.39, 0.29) is 0 Å². The summed E-state index contributed by atoms with van der Waals surface area (Å²) in [7, 11) is 0. The number of nitrogens with one attached hydrogen (secondary N) is 1. The van der Waals surface area contributed by atoms with E-state index >= 15 is 0 Å². The Morgan fingerprint density at radius 1 is 1.61 bits per heavy atom. The Morgan fingerprint density at radius 3 is 2.78 bits per heavy atom. The van der Waals surface area contributed by atoms with Crippen molar-refractivity contribution in [2.24, 2.45) is 0 Å². The van der Waals surface area contributed by atoms with E-state index in [0.29, 0.717) is 4.57 Å². The van der Waals surface area contributed by atoms with Crippen molar-refractivity contribution in [3.63, 3.8) is 0 Å². The Morgan fingerprint density at radius 2 is 2.28 bits per heavy atom. The van der Waals surface area contributed by atoms with Gasteiger partial charge in [0.25, 0.3) is 11.5 Å². The summed E-state index contributed by atoms with van der Waals surface area (Å²) < 4.78 is 33.2. The summed E-state index contributed by atoms with van der Waals surface area (Å²) in [5, 5.41) is 9.03. The molecular weight excluding hydrogens is 250 g/mol. The van der Waals surface area contributed by atoms with Crippen LogP contribution in [0.25, 0.3) is 0 Å². The van der Waals surface area contributed by atoms with Crippen molar-refractivity contribution in [1.29, 1.82) is 0 Å². The third-order valence-electron chi connectivity index (χ3n) is 2.81. The number of alkyl halides is 2. The Hall–Kier alpha value is -1.54. The first-order chi connectivity index (χ1) is 8.27. The molecule has 1 aromatic rings. The molecule has 2 rings (SSSR count). The van der Waals surface area contributed by atoms with Crippen LogP contribution in [0.15, 0.2) is 21.9 Å². The molecule has 1 aliphatic rings. The van der Waals surface area contributed by atoms with Crippen LogP contribution in [0.2, 0.25) is 0 Å². The van der Waals surface area contributed by atoms with Crippen LogP contribution in [0.3, 0.4) is 0 Å². The second-order valence-electron chi connectivity index (χ2n) is 4.53. The number of aliphatic hydroxyl groups is 1. The number of nitrogens with zero attached hydrogens (tertiary/aromatic N) is 1. The molecule has 0 amide bonds. The van der Waals surface area contributed by atoms with Crippen molar-refractivity contribution < 1.29 is 18.6 Å². The lowest BCUT2D eigenvalue weighted by Crippen LogP contribution is -2.37. The number of aliphatic hydroxyl groups excluding tert-OH is 1. The lowest BCUT2D eigenvalue weighted by Gasteiger charge is -2.21. The first-order valence-corrected chi connectivity index (χ1v) is 5.25. The van der Waals surface area contributed by atoms with Crippen molar-refractivity contribution >= 4 is 0 Å². The highest BCUT2D eigenvalue weighted by Crippen LogP contribution is 2.46. The van der Waals surface area contributed by atoms with Gasteiger partial charge < -0.3 is 9.84 Å². The van der Waals surface area contributed by atoms with Gasteiger partial charge in [-0.3, -0.25) is 14.3 Å². The highest BCUT2D eigenvalue weighted by atomic mass is 19.3. The van der Waals surface area contributed by atoms with Crippen LogP contribution >= 0.6 is 0 Å². The third-order valence-corrected chi connectivity index (χ3v) is 2.81. The van der Waals surface area contributed by atoms with Gasteiger partial charge in [-0.15, -0.1) is 0 Å². The van der Waals surface area contributed by atoms with Gasteiger partial charge >= 0.3 is 5.69 Å². The number of hydrogen-bond acceptors (Lipinski definition) is 4. The van der Waals surface area contributed by atoms with E-state index < -0.39 is 42.0 Å². The monoisotopic (exact) mass is 262 g/mol. The molecule has 0 bridgehead atoms. The molecule has 0 spiro atoms. The molecule has 0 aliphatic carbocycles. The third kappa shape index (κ3) is 2.08. The minimum absolute atomic E-state index is 0.586. The maximum absolute atomic E-state index is 13.8. The minimum atomic E-state index is -3.31. The molecule has 6 nitrogen and oxygen atoms in total. The van der Waals surface area contributed by atoms with Crippen LogP contribution in [-0.4, -0.2) is 32.8 Å². The summed E-state index contributed by atoms with van der Waals surface area (Å²) in [5.74, 6) is -3.31. The molecule has 0 saturated carbocycles. The molecule has 2 atom stereocenters. The average Bonchev–Trinajstić information content (AvgIpc) is 2.50.